The molecule has 4 atom stereocenters. The van der Waals surface area contributed by atoms with Gasteiger partial charge in [0.25, 0.3) is 0 Å². The van der Waals surface area contributed by atoms with E-state index in [1.165, 1.54) is 73.4 Å². The number of carbonyl (C=O) groups is 2. The Morgan fingerprint density at radius 2 is 0.875 bits per heavy atom. The minimum atomic E-state index is -0.00822. The normalized spacial score (nSPS) is 39.6. The fourth-order valence-corrected chi connectivity index (χ4v) is 9.27. The maximum absolute atomic E-state index is 12.5. The van der Waals surface area contributed by atoms with E-state index in [9.17, 15) is 9.59 Å². The molecule has 4 aliphatic heterocycles. The summed E-state index contributed by atoms with van der Waals surface area (Å²) in [4.78, 5) is 25.0. The van der Waals surface area contributed by atoms with Crippen molar-refractivity contribution in [2.75, 3.05) is 27.2 Å². The molecule has 0 radical (unpaired) electrons. The molecule has 0 aromatic rings. The number of nitrogens with zero attached hydrogens (tertiary/aromatic N) is 2. The van der Waals surface area contributed by atoms with Gasteiger partial charge in [-0.25, -0.2) is 0 Å². The van der Waals surface area contributed by atoms with Crippen molar-refractivity contribution in [1.82, 2.24) is 0 Å². The van der Waals surface area contributed by atoms with Crippen LogP contribution < -0.4 is 34.0 Å². The van der Waals surface area contributed by atoms with Crippen molar-refractivity contribution in [3.63, 3.8) is 0 Å². The van der Waals surface area contributed by atoms with Crippen LogP contribution in [0.2, 0.25) is 0 Å². The van der Waals surface area contributed by atoms with Crippen LogP contribution in [0.3, 0.4) is 0 Å². The summed E-state index contributed by atoms with van der Waals surface area (Å²) in [6, 6.07) is 2.79. The number of fused-ring (bicyclic) bond motifs is 4. The summed E-state index contributed by atoms with van der Waals surface area (Å²) in [7, 11) is 4.94. The second-order valence-corrected chi connectivity index (χ2v) is 14.8. The number of carbonyl (C=O) groups excluding carboxylic acids is 2. The quantitative estimate of drug-likeness (QED) is 0.149. The highest BCUT2D eigenvalue weighted by atomic mass is 79.9. The fourth-order valence-electron chi connectivity index (χ4n) is 9.27. The Hall–Kier alpha value is -0.180. The van der Waals surface area contributed by atoms with Crippen LogP contribution in [0.1, 0.15) is 116 Å². The van der Waals surface area contributed by atoms with E-state index in [0.717, 1.165) is 63.2 Å². The van der Waals surface area contributed by atoms with E-state index in [-0.39, 0.29) is 58.1 Å². The van der Waals surface area contributed by atoms with Crippen molar-refractivity contribution in [1.29, 1.82) is 0 Å². The maximum atomic E-state index is 12.5. The van der Waals surface area contributed by atoms with Gasteiger partial charge < -0.3 is 52.4 Å². The highest BCUT2D eigenvalue weighted by Crippen LogP contribution is 2.47. The van der Waals surface area contributed by atoms with Gasteiger partial charge in [0.2, 0.25) is 0 Å². The Bertz CT molecular complexity index is 781. The van der Waals surface area contributed by atoms with Crippen molar-refractivity contribution in [3.05, 3.63) is 0 Å². The summed E-state index contributed by atoms with van der Waals surface area (Å²) in [6.45, 7) is 2.70. The zero-order valence-corrected chi connectivity index (χ0v) is 28.2. The van der Waals surface area contributed by atoms with Crippen LogP contribution in [0, 0.1) is 11.8 Å². The fraction of sp³-hybridized carbons (Fsp3) is 0.938. The summed E-state index contributed by atoms with van der Waals surface area (Å²) in [6.07, 6.45) is 20.2. The molecule has 0 aromatic carbocycles. The average molecular weight is 691 g/mol. The number of hydrogen-bond acceptors (Lipinski definition) is 4. The monoisotopic (exact) mass is 688 g/mol. The number of halogens is 2. The van der Waals surface area contributed by atoms with E-state index < -0.39 is 0 Å². The molecule has 0 aromatic heterocycles. The lowest BCUT2D eigenvalue weighted by Gasteiger charge is -2.47. The molecule has 4 bridgehead atoms. The van der Waals surface area contributed by atoms with Gasteiger partial charge in [0.1, 0.15) is 12.2 Å². The number of unbranched alkanes of at least 4 members (excludes halogenated alkanes) is 3. The van der Waals surface area contributed by atoms with Gasteiger partial charge in [-0.3, -0.25) is 9.59 Å². The van der Waals surface area contributed by atoms with E-state index in [2.05, 4.69) is 14.1 Å². The lowest BCUT2D eigenvalue weighted by atomic mass is 9.96. The molecule has 40 heavy (non-hydrogen) atoms. The van der Waals surface area contributed by atoms with Crippen LogP contribution in [-0.4, -0.2) is 84.5 Å². The zero-order chi connectivity index (χ0) is 26.3. The molecule has 0 amide bonds. The molecule has 6 nitrogen and oxygen atoms in total. The number of ether oxygens (including phenoxy) is 2. The highest BCUT2D eigenvalue weighted by Gasteiger charge is 2.55. The molecule has 2 saturated carbocycles. The van der Waals surface area contributed by atoms with E-state index in [4.69, 9.17) is 9.47 Å². The molecule has 8 heteroatoms. The van der Waals surface area contributed by atoms with Crippen LogP contribution in [0.5, 0.6) is 0 Å². The Labute approximate surface area is 264 Å². The molecule has 0 N–H and O–H groups in total. The van der Waals surface area contributed by atoms with Crippen LogP contribution in [-0.2, 0) is 19.1 Å². The maximum Gasteiger partial charge on any atom is 0.306 e. The van der Waals surface area contributed by atoms with E-state index in [1.54, 1.807) is 0 Å². The van der Waals surface area contributed by atoms with Gasteiger partial charge >= 0.3 is 11.9 Å². The van der Waals surface area contributed by atoms with Crippen LogP contribution in [0.15, 0.2) is 0 Å². The summed E-state index contributed by atoms with van der Waals surface area (Å²) in [5, 5.41) is 0. The smallest absolute Gasteiger partial charge is 0.306 e. The number of quaternary nitrogens is 2. The lowest BCUT2D eigenvalue weighted by molar-refractivity contribution is -0.950. The first kappa shape index (κ1) is 32.7. The van der Waals surface area contributed by atoms with Crippen LogP contribution in [0.25, 0.3) is 0 Å². The summed E-state index contributed by atoms with van der Waals surface area (Å²) in [5.74, 6) is 1.90. The largest absolute Gasteiger partial charge is 1.00 e. The Balaban J connectivity index is 0.00000185. The summed E-state index contributed by atoms with van der Waals surface area (Å²) < 4.78 is 14.4. The number of esters is 2. The van der Waals surface area contributed by atoms with Gasteiger partial charge in [0.15, 0.2) is 0 Å². The summed E-state index contributed by atoms with van der Waals surface area (Å²) in [5.41, 5.74) is 0. The number of rotatable bonds is 13. The van der Waals surface area contributed by atoms with Crippen molar-refractivity contribution in [3.8, 4) is 0 Å². The van der Waals surface area contributed by atoms with Crippen LogP contribution >= 0.6 is 0 Å². The van der Waals surface area contributed by atoms with Crippen molar-refractivity contribution in [2.24, 2.45) is 11.8 Å². The van der Waals surface area contributed by atoms with E-state index in [1.807, 2.05) is 0 Å². The highest BCUT2D eigenvalue weighted by molar-refractivity contribution is 5.70. The first-order valence-corrected chi connectivity index (χ1v) is 16.4. The molecular formula is C32H54Br2N2O4. The Morgan fingerprint density at radius 3 is 1.18 bits per heavy atom. The molecular weight excluding hydrogens is 636 g/mol. The minimum absolute atomic E-state index is 0. The molecule has 230 valence electrons. The molecule has 2 aliphatic carbocycles. The number of piperidine rings is 2. The molecule has 4 saturated heterocycles. The summed E-state index contributed by atoms with van der Waals surface area (Å²) >= 11 is 0. The van der Waals surface area contributed by atoms with Gasteiger partial charge in [-0.15, -0.1) is 0 Å². The Morgan fingerprint density at radius 1 is 0.550 bits per heavy atom. The van der Waals surface area contributed by atoms with Gasteiger partial charge in [-0.1, -0.05) is 12.8 Å². The van der Waals surface area contributed by atoms with E-state index in [0.29, 0.717) is 37.0 Å². The molecule has 6 aliphatic rings. The van der Waals surface area contributed by atoms with Crippen molar-refractivity contribution < 1.29 is 62.0 Å². The molecule has 6 rings (SSSR count). The second kappa shape index (κ2) is 13.6. The first-order chi connectivity index (χ1) is 18.3. The second-order valence-electron chi connectivity index (χ2n) is 14.8. The SMILES string of the molecule is C[N+]1(CC2CC2)C2CCC1CC(OC(=O)CCCCCCC(=O)OC1CC3CCC(C1)[N+]3(C)CC1CC1)C2.[Br-].[Br-]. The van der Waals surface area contributed by atoms with Gasteiger partial charge in [-0.05, 0) is 38.5 Å². The average Bonchev–Trinajstić information content (AvgIpc) is 3.77. The predicted octanol–water partition coefficient (Wildman–Crippen LogP) is -0.479. The Kier molecular flexibility index (Phi) is 11.2. The molecule has 4 heterocycles. The third-order valence-electron chi connectivity index (χ3n) is 11.9. The predicted molar refractivity (Wildman–Crippen MR) is 147 cm³/mol. The first-order valence-electron chi connectivity index (χ1n) is 16.4. The van der Waals surface area contributed by atoms with E-state index >= 15 is 0 Å². The molecule has 6 fully saturated rings. The van der Waals surface area contributed by atoms with Gasteiger partial charge in [0, 0.05) is 76.0 Å². The minimum Gasteiger partial charge on any atom is -1.00 e. The van der Waals surface area contributed by atoms with Crippen molar-refractivity contribution in [2.45, 2.75) is 152 Å². The molecule has 4 unspecified atom stereocenters. The van der Waals surface area contributed by atoms with Crippen molar-refractivity contribution >= 4 is 11.9 Å². The third kappa shape index (κ3) is 7.48. The standard InChI is InChI=1S/C32H54N2O4.2BrH/c1-33(21-23-9-10-23)25-13-14-26(33)18-29(17-25)37-31(35)7-5-3-4-6-8-32(36)38-30-19-27-15-16-28(20-30)34(27,2)22-24-11-12-24;;/h23-30H,3-22H2,1-2H3;2*1H/q+2;;/p-2. The topological polar surface area (TPSA) is 52.6 Å². The zero-order valence-electron chi connectivity index (χ0n) is 25.0. The van der Waals surface area contributed by atoms with Gasteiger partial charge in [-0.2, -0.15) is 0 Å². The van der Waals surface area contributed by atoms with Crippen LogP contribution in [0.4, 0.5) is 0 Å². The number of hydrogen-bond donors (Lipinski definition) is 0. The third-order valence-corrected chi connectivity index (χ3v) is 11.9. The van der Waals surface area contributed by atoms with Gasteiger partial charge in [0.05, 0.1) is 51.4 Å². The molecule has 0 spiro atoms. The lowest BCUT2D eigenvalue weighted by Crippen LogP contribution is -3.00.